The summed E-state index contributed by atoms with van der Waals surface area (Å²) in [5.41, 5.74) is 0.519. The number of methoxy groups -OCH3 is 1. The molecule has 1 unspecified atom stereocenters. The van der Waals surface area contributed by atoms with Crippen LogP contribution in [0.5, 0.6) is 11.5 Å². The van der Waals surface area contributed by atoms with Gasteiger partial charge in [0.25, 0.3) is 0 Å². The minimum Gasteiger partial charge on any atom is -0.493 e. The molecule has 32 heavy (non-hydrogen) atoms. The maximum Gasteiger partial charge on any atom is 0.240 e. The Labute approximate surface area is 189 Å². The van der Waals surface area contributed by atoms with Crippen molar-refractivity contribution in [3.63, 3.8) is 0 Å². The highest BCUT2D eigenvalue weighted by Crippen LogP contribution is 2.28. The van der Waals surface area contributed by atoms with Gasteiger partial charge in [-0.25, -0.2) is 9.11 Å². The van der Waals surface area contributed by atoms with Crippen molar-refractivity contribution in [2.45, 2.75) is 25.8 Å². The maximum absolute atomic E-state index is 13.2. The van der Waals surface area contributed by atoms with Crippen LogP contribution in [0, 0.1) is 17.7 Å². The van der Waals surface area contributed by atoms with Crippen LogP contribution in [0.3, 0.4) is 0 Å². The number of nitrogens with one attached hydrogen (secondary N) is 2. The van der Waals surface area contributed by atoms with Gasteiger partial charge in [0.2, 0.25) is 5.91 Å². The van der Waals surface area contributed by atoms with Gasteiger partial charge in [-0.3, -0.25) is 9.00 Å². The van der Waals surface area contributed by atoms with Gasteiger partial charge in [0.1, 0.15) is 18.0 Å². The van der Waals surface area contributed by atoms with Crippen LogP contribution >= 0.6 is 0 Å². The lowest BCUT2D eigenvalue weighted by molar-refractivity contribution is -0.125. The summed E-state index contributed by atoms with van der Waals surface area (Å²) in [7, 11) is -0.970. The van der Waals surface area contributed by atoms with Gasteiger partial charge in [-0.1, -0.05) is 24.0 Å². The van der Waals surface area contributed by atoms with E-state index < -0.39 is 15.2 Å². The van der Waals surface area contributed by atoms with Crippen molar-refractivity contribution in [3.8, 4) is 23.3 Å². The van der Waals surface area contributed by atoms with Crippen LogP contribution in [0.1, 0.15) is 25.0 Å². The minimum absolute atomic E-state index is 0.122. The second-order valence-corrected chi connectivity index (χ2v) is 10.0. The van der Waals surface area contributed by atoms with Crippen LogP contribution in [-0.4, -0.2) is 48.0 Å². The lowest BCUT2D eigenvalue weighted by atomic mass is 10.1. The van der Waals surface area contributed by atoms with Crippen LogP contribution in [0.25, 0.3) is 0 Å². The van der Waals surface area contributed by atoms with Crippen molar-refractivity contribution in [2.75, 3.05) is 26.5 Å². The van der Waals surface area contributed by atoms with E-state index >= 15 is 0 Å². The van der Waals surface area contributed by atoms with E-state index in [1.807, 2.05) is 12.1 Å². The van der Waals surface area contributed by atoms with E-state index in [1.165, 1.54) is 18.4 Å². The average Bonchev–Trinajstić information content (AvgIpc) is 2.70. The summed E-state index contributed by atoms with van der Waals surface area (Å²) in [5, 5.41) is 2.84. The smallest absolute Gasteiger partial charge is 0.240 e. The highest BCUT2D eigenvalue weighted by molar-refractivity contribution is 7.97. The first kappa shape index (κ1) is 25.2. The molecule has 2 aromatic carbocycles. The molecule has 2 rings (SSSR count). The molecule has 1 atom stereocenters. The Kier molecular flexibility index (Phi) is 8.70. The number of amides is 1. The molecule has 0 saturated carbocycles. The molecule has 0 radical (unpaired) electrons. The lowest BCUT2D eigenvalue weighted by Crippen LogP contribution is -2.54. The molecule has 6 nitrogen and oxygen atoms in total. The number of ether oxygens (including phenoxy) is 2. The van der Waals surface area contributed by atoms with E-state index in [-0.39, 0.29) is 18.3 Å². The Morgan fingerprint density at radius 3 is 2.62 bits per heavy atom. The molecular formula is C24H29FN2O4S. The molecule has 0 aliphatic rings. The van der Waals surface area contributed by atoms with Gasteiger partial charge in [-0.2, -0.15) is 0 Å². The van der Waals surface area contributed by atoms with E-state index in [9.17, 15) is 13.4 Å². The van der Waals surface area contributed by atoms with E-state index in [0.717, 1.165) is 5.56 Å². The maximum atomic E-state index is 13.2. The van der Waals surface area contributed by atoms with Crippen LogP contribution in [0.4, 0.5) is 4.39 Å². The van der Waals surface area contributed by atoms with Crippen molar-refractivity contribution in [2.24, 2.45) is 0 Å². The molecule has 172 valence electrons. The predicted octanol–water partition coefficient (Wildman–Crippen LogP) is 2.55. The van der Waals surface area contributed by atoms with Crippen LogP contribution in [-0.2, 0) is 20.9 Å². The van der Waals surface area contributed by atoms with Gasteiger partial charge >= 0.3 is 0 Å². The van der Waals surface area contributed by atoms with Crippen LogP contribution in [0.2, 0.25) is 0 Å². The highest BCUT2D eigenvalue weighted by atomic mass is 32.2. The van der Waals surface area contributed by atoms with Gasteiger partial charge in [-0.15, -0.1) is 0 Å². The normalized spacial score (nSPS) is 12.8. The summed E-state index contributed by atoms with van der Waals surface area (Å²) in [6.07, 6.45) is 2.02. The Hall–Kier alpha value is -3.02. The van der Waals surface area contributed by atoms with Gasteiger partial charge in [0.15, 0.2) is 11.5 Å². The molecule has 0 aromatic heterocycles. The third kappa shape index (κ3) is 8.25. The Morgan fingerprint density at radius 2 is 1.97 bits per heavy atom. The Balaban J connectivity index is 1.91. The number of carbonyl (C=O) groups excluding carboxylic acids is 1. The first-order chi connectivity index (χ1) is 15.0. The fraction of sp³-hybridized carbons (Fsp3) is 0.333. The quantitative estimate of drug-likeness (QED) is 0.446. The number of hydrogen-bond acceptors (Lipinski definition) is 4. The molecule has 0 aliphatic heterocycles. The SMILES string of the molecule is C=S(C)(=O)NC(C)(C)C(=O)NCCc1ccc(OCC#Cc2cccc(F)c2)c(OC)c1. The highest BCUT2D eigenvalue weighted by Gasteiger charge is 2.28. The number of hydrogen-bond donors (Lipinski definition) is 2. The second-order valence-electron chi connectivity index (χ2n) is 7.82. The van der Waals surface area contributed by atoms with E-state index in [1.54, 1.807) is 39.2 Å². The molecule has 8 heteroatoms. The standard InChI is InChI=1S/C24H29FN2O4S/c1-24(2,27-32(4,5)29)23(28)26-14-13-19-11-12-21(22(17-19)30-3)31-15-7-9-18-8-6-10-20(25)16-18/h6,8,10-12,16-17H,4,13-15H2,1-3,5H3,(H,26,28)(H,27,29). The number of rotatable bonds is 9. The largest absolute Gasteiger partial charge is 0.493 e. The number of carbonyl (C=O) groups is 1. The molecule has 2 N–H and O–H groups in total. The first-order valence-corrected chi connectivity index (χ1v) is 12.1. The van der Waals surface area contributed by atoms with Crippen molar-refractivity contribution >= 4 is 21.5 Å². The van der Waals surface area contributed by atoms with Gasteiger partial charge < -0.3 is 14.8 Å². The molecule has 0 fully saturated rings. The van der Waals surface area contributed by atoms with Gasteiger partial charge in [0.05, 0.1) is 7.11 Å². The summed E-state index contributed by atoms with van der Waals surface area (Å²) in [5.74, 6) is 9.70. The van der Waals surface area contributed by atoms with Crippen LogP contribution in [0.15, 0.2) is 42.5 Å². The van der Waals surface area contributed by atoms with Gasteiger partial charge in [-0.05, 0) is 62.0 Å². The summed E-state index contributed by atoms with van der Waals surface area (Å²) in [6.45, 7) is 3.83. The summed E-state index contributed by atoms with van der Waals surface area (Å²) >= 11 is 0. The van der Waals surface area contributed by atoms with E-state index in [4.69, 9.17) is 9.47 Å². The average molecular weight is 461 g/mol. The zero-order valence-electron chi connectivity index (χ0n) is 18.8. The zero-order valence-corrected chi connectivity index (χ0v) is 19.6. The van der Waals surface area contributed by atoms with Crippen molar-refractivity contribution in [1.29, 1.82) is 0 Å². The topological polar surface area (TPSA) is 76.7 Å². The first-order valence-electron chi connectivity index (χ1n) is 9.94. The minimum atomic E-state index is -2.51. The lowest BCUT2D eigenvalue weighted by Gasteiger charge is -2.25. The Bertz CT molecular complexity index is 1120. The van der Waals surface area contributed by atoms with Gasteiger partial charge in [0, 0.05) is 28.1 Å². The summed E-state index contributed by atoms with van der Waals surface area (Å²) < 4.78 is 38.8. The summed E-state index contributed by atoms with van der Waals surface area (Å²) in [6, 6.07) is 11.5. The Morgan fingerprint density at radius 1 is 1.22 bits per heavy atom. The third-order valence-electron chi connectivity index (χ3n) is 4.32. The third-order valence-corrected chi connectivity index (χ3v) is 5.27. The number of halogens is 1. The second kappa shape index (κ2) is 11.0. The van der Waals surface area contributed by atoms with Crippen molar-refractivity contribution in [3.05, 3.63) is 59.4 Å². The molecule has 1 amide bonds. The molecular weight excluding hydrogens is 431 g/mol. The predicted molar refractivity (Wildman–Crippen MR) is 127 cm³/mol. The van der Waals surface area contributed by atoms with E-state index in [0.29, 0.717) is 30.0 Å². The fourth-order valence-corrected chi connectivity index (χ4v) is 4.10. The molecule has 0 heterocycles. The van der Waals surface area contributed by atoms with Crippen LogP contribution < -0.4 is 19.5 Å². The van der Waals surface area contributed by atoms with Crippen molar-refractivity contribution < 1.29 is 22.9 Å². The van der Waals surface area contributed by atoms with Crippen molar-refractivity contribution in [1.82, 2.24) is 10.0 Å². The van der Waals surface area contributed by atoms with E-state index in [2.05, 4.69) is 27.8 Å². The zero-order chi connectivity index (χ0) is 23.8. The number of benzene rings is 2. The molecule has 0 saturated heterocycles. The molecule has 2 aromatic rings. The monoisotopic (exact) mass is 460 g/mol. The summed E-state index contributed by atoms with van der Waals surface area (Å²) in [4.78, 5) is 12.4. The molecule has 0 spiro atoms. The molecule has 0 bridgehead atoms. The molecule has 0 aliphatic carbocycles. The fourth-order valence-electron chi connectivity index (χ4n) is 2.93.